The molecule has 5 nitrogen and oxygen atoms in total. The molecule has 2 N–H and O–H groups in total. The summed E-state index contributed by atoms with van der Waals surface area (Å²) in [6.07, 6.45) is 3.59. The fraction of sp³-hybridized carbons (Fsp3) is 0.214. The molecule has 0 amide bonds. The van der Waals surface area contributed by atoms with Crippen LogP contribution in [0.25, 0.3) is 10.2 Å². The Morgan fingerprint density at radius 1 is 1.25 bits per heavy atom. The van der Waals surface area contributed by atoms with Crippen molar-refractivity contribution in [3.05, 3.63) is 41.0 Å². The highest BCUT2D eigenvalue weighted by atomic mass is 32.1. The number of anilines is 2. The van der Waals surface area contributed by atoms with Gasteiger partial charge in [0, 0.05) is 30.9 Å². The van der Waals surface area contributed by atoms with E-state index in [4.69, 9.17) is 5.73 Å². The number of nitrogens with zero attached hydrogens (tertiary/aromatic N) is 4. The number of hydrogen-bond donors (Lipinski definition) is 1. The minimum atomic E-state index is 0.316. The Morgan fingerprint density at radius 2 is 2.00 bits per heavy atom. The number of hydrogen-bond acceptors (Lipinski definition) is 6. The predicted molar refractivity (Wildman–Crippen MR) is 82.9 cm³/mol. The standard InChI is InChI=1S/C14H15N5S/c1-9-7-11-12(17-14(15)18-13(11)20-9)19(2)8-10-3-5-16-6-4-10/h3-7H,8H2,1-2H3,(H2,15,17,18). The Labute approximate surface area is 121 Å². The summed E-state index contributed by atoms with van der Waals surface area (Å²) in [5, 5.41) is 1.05. The van der Waals surface area contributed by atoms with Crippen molar-refractivity contribution >= 4 is 33.3 Å². The predicted octanol–water partition coefficient (Wildman–Crippen LogP) is 2.61. The molecule has 0 spiro atoms. The molecule has 0 aliphatic carbocycles. The van der Waals surface area contributed by atoms with Crippen molar-refractivity contribution in [2.24, 2.45) is 0 Å². The molecular weight excluding hydrogens is 270 g/mol. The zero-order valence-corrected chi connectivity index (χ0v) is 12.2. The van der Waals surface area contributed by atoms with Gasteiger partial charge < -0.3 is 10.6 Å². The molecule has 6 heteroatoms. The van der Waals surface area contributed by atoms with Gasteiger partial charge in [0.05, 0.1) is 5.39 Å². The van der Waals surface area contributed by atoms with Gasteiger partial charge in [-0.2, -0.15) is 4.98 Å². The van der Waals surface area contributed by atoms with E-state index < -0.39 is 0 Å². The van der Waals surface area contributed by atoms with Crippen molar-refractivity contribution in [1.29, 1.82) is 0 Å². The quantitative estimate of drug-likeness (QED) is 0.801. The second kappa shape index (κ2) is 5.05. The van der Waals surface area contributed by atoms with Crippen molar-refractivity contribution < 1.29 is 0 Å². The van der Waals surface area contributed by atoms with Crippen molar-refractivity contribution in [3.63, 3.8) is 0 Å². The molecule has 20 heavy (non-hydrogen) atoms. The lowest BCUT2D eigenvalue weighted by atomic mass is 10.2. The highest BCUT2D eigenvalue weighted by Crippen LogP contribution is 2.31. The van der Waals surface area contributed by atoms with Gasteiger partial charge in [-0.05, 0) is 30.7 Å². The first-order valence-electron chi connectivity index (χ1n) is 6.27. The van der Waals surface area contributed by atoms with Gasteiger partial charge in [-0.15, -0.1) is 11.3 Å². The van der Waals surface area contributed by atoms with E-state index in [1.807, 2.05) is 19.2 Å². The normalized spacial score (nSPS) is 10.9. The third-order valence-corrected chi connectivity index (χ3v) is 3.99. The average molecular weight is 285 g/mol. The van der Waals surface area contributed by atoms with Gasteiger partial charge >= 0.3 is 0 Å². The van der Waals surface area contributed by atoms with E-state index in [0.717, 1.165) is 22.6 Å². The molecule has 0 radical (unpaired) electrons. The first-order valence-corrected chi connectivity index (χ1v) is 7.09. The van der Waals surface area contributed by atoms with E-state index >= 15 is 0 Å². The summed E-state index contributed by atoms with van der Waals surface area (Å²) in [6.45, 7) is 2.82. The summed E-state index contributed by atoms with van der Waals surface area (Å²) in [5.74, 6) is 1.18. The number of pyridine rings is 1. The molecule has 3 rings (SSSR count). The van der Waals surface area contributed by atoms with Crippen molar-refractivity contribution in [1.82, 2.24) is 15.0 Å². The summed E-state index contributed by atoms with van der Waals surface area (Å²) in [7, 11) is 2.01. The molecule has 3 heterocycles. The Kier molecular flexibility index (Phi) is 3.23. The van der Waals surface area contributed by atoms with Crippen LogP contribution in [-0.2, 0) is 6.54 Å². The second-order valence-corrected chi connectivity index (χ2v) is 5.93. The van der Waals surface area contributed by atoms with Gasteiger partial charge in [-0.25, -0.2) is 4.98 Å². The average Bonchev–Trinajstić information content (AvgIpc) is 2.78. The maximum Gasteiger partial charge on any atom is 0.223 e. The number of fused-ring (bicyclic) bond motifs is 1. The van der Waals surface area contributed by atoms with E-state index in [2.05, 4.69) is 32.8 Å². The molecule has 0 saturated carbocycles. The first-order chi connectivity index (χ1) is 9.63. The monoisotopic (exact) mass is 285 g/mol. The zero-order chi connectivity index (χ0) is 14.1. The molecular formula is C14H15N5S. The molecule has 0 aliphatic heterocycles. The molecule has 3 aromatic heterocycles. The molecule has 102 valence electrons. The second-order valence-electron chi connectivity index (χ2n) is 4.69. The van der Waals surface area contributed by atoms with E-state index in [9.17, 15) is 0 Å². The lowest BCUT2D eigenvalue weighted by Gasteiger charge is -2.19. The van der Waals surface area contributed by atoms with Crippen LogP contribution in [0.3, 0.4) is 0 Å². The zero-order valence-electron chi connectivity index (χ0n) is 11.4. The maximum absolute atomic E-state index is 5.81. The molecule has 0 unspecified atom stereocenters. The summed E-state index contributed by atoms with van der Waals surface area (Å²) < 4.78 is 0. The number of rotatable bonds is 3. The van der Waals surface area contributed by atoms with Crippen molar-refractivity contribution in [2.75, 3.05) is 17.7 Å². The van der Waals surface area contributed by atoms with E-state index in [1.54, 1.807) is 23.7 Å². The van der Waals surface area contributed by atoms with Crippen LogP contribution in [0.4, 0.5) is 11.8 Å². The minimum absolute atomic E-state index is 0.316. The van der Waals surface area contributed by atoms with Crippen molar-refractivity contribution in [2.45, 2.75) is 13.5 Å². The third kappa shape index (κ3) is 2.42. The van der Waals surface area contributed by atoms with Gasteiger partial charge in [-0.1, -0.05) is 0 Å². The van der Waals surface area contributed by atoms with Crippen LogP contribution in [0.2, 0.25) is 0 Å². The summed E-state index contributed by atoms with van der Waals surface area (Å²) in [4.78, 5) is 16.9. The molecule has 0 bridgehead atoms. The highest BCUT2D eigenvalue weighted by Gasteiger charge is 2.13. The number of thiophene rings is 1. The molecule has 3 aromatic rings. The first kappa shape index (κ1) is 12.8. The smallest absolute Gasteiger partial charge is 0.223 e. The maximum atomic E-state index is 5.81. The summed E-state index contributed by atoms with van der Waals surface area (Å²) in [5.41, 5.74) is 6.99. The Morgan fingerprint density at radius 3 is 2.75 bits per heavy atom. The molecule has 0 saturated heterocycles. The van der Waals surface area contributed by atoms with Crippen LogP contribution in [0.5, 0.6) is 0 Å². The number of nitrogen functional groups attached to an aromatic ring is 1. The Hall–Kier alpha value is -2.21. The van der Waals surface area contributed by atoms with E-state index in [1.165, 1.54) is 10.4 Å². The van der Waals surface area contributed by atoms with Crippen LogP contribution >= 0.6 is 11.3 Å². The SMILES string of the molecule is Cc1cc2c(N(C)Cc3ccncc3)nc(N)nc2s1. The van der Waals surface area contributed by atoms with E-state index in [0.29, 0.717) is 5.95 Å². The van der Waals surface area contributed by atoms with Gasteiger partial charge in [0.1, 0.15) is 10.6 Å². The number of nitrogens with two attached hydrogens (primary N) is 1. The lowest BCUT2D eigenvalue weighted by Crippen LogP contribution is -2.18. The van der Waals surface area contributed by atoms with Gasteiger partial charge in [0.2, 0.25) is 5.95 Å². The Balaban J connectivity index is 2.00. The fourth-order valence-electron chi connectivity index (χ4n) is 2.17. The van der Waals surface area contributed by atoms with Crippen LogP contribution in [0.15, 0.2) is 30.6 Å². The number of aromatic nitrogens is 3. The largest absolute Gasteiger partial charge is 0.368 e. The van der Waals surface area contributed by atoms with Gasteiger partial charge in [0.25, 0.3) is 0 Å². The van der Waals surface area contributed by atoms with Crippen LogP contribution in [0.1, 0.15) is 10.4 Å². The van der Waals surface area contributed by atoms with E-state index in [-0.39, 0.29) is 0 Å². The van der Waals surface area contributed by atoms with Crippen LogP contribution in [0, 0.1) is 6.92 Å². The summed E-state index contributed by atoms with van der Waals surface area (Å²) >= 11 is 1.64. The van der Waals surface area contributed by atoms with Crippen molar-refractivity contribution in [3.8, 4) is 0 Å². The third-order valence-electron chi connectivity index (χ3n) is 3.04. The van der Waals surface area contributed by atoms with Crippen LogP contribution < -0.4 is 10.6 Å². The topological polar surface area (TPSA) is 67.9 Å². The number of aryl methyl sites for hydroxylation is 1. The molecule has 0 fully saturated rings. The fourth-order valence-corrected chi connectivity index (χ4v) is 3.05. The molecule has 0 aliphatic rings. The van der Waals surface area contributed by atoms with Crippen LogP contribution in [-0.4, -0.2) is 22.0 Å². The Bertz CT molecular complexity index is 738. The van der Waals surface area contributed by atoms with Gasteiger partial charge in [0.15, 0.2) is 0 Å². The summed E-state index contributed by atoms with van der Waals surface area (Å²) in [6, 6.07) is 6.10. The molecule has 0 atom stereocenters. The molecule has 0 aromatic carbocycles. The highest BCUT2D eigenvalue weighted by molar-refractivity contribution is 7.18. The van der Waals surface area contributed by atoms with Gasteiger partial charge in [-0.3, -0.25) is 4.98 Å². The lowest BCUT2D eigenvalue weighted by molar-refractivity contribution is 0.900. The minimum Gasteiger partial charge on any atom is -0.368 e.